The molecule has 0 amide bonds. The monoisotopic (exact) mass is 481 g/mol. The molecule has 12 atom stereocenters. The average Bonchev–Trinajstić information content (AvgIpc) is 3.39. The van der Waals surface area contributed by atoms with E-state index in [1.54, 1.807) is 20.8 Å². The highest BCUT2D eigenvalue weighted by atomic mass is 16.7. The minimum absolute atomic E-state index is 0.263. The molecule has 2 spiro atoms. The Hall–Kier alpha value is -2.28. The van der Waals surface area contributed by atoms with Gasteiger partial charge in [0.25, 0.3) is 0 Å². The van der Waals surface area contributed by atoms with Crippen LogP contribution < -0.4 is 0 Å². The molecular weight excluding hydrogens is 454 g/mol. The van der Waals surface area contributed by atoms with Gasteiger partial charge in [-0.2, -0.15) is 0 Å². The van der Waals surface area contributed by atoms with Crippen molar-refractivity contribution in [2.24, 2.45) is 33.2 Å². The Morgan fingerprint density at radius 3 is 2.38 bits per heavy atom. The van der Waals surface area contributed by atoms with E-state index in [9.17, 15) is 35.2 Å². The van der Waals surface area contributed by atoms with E-state index >= 15 is 0 Å². The van der Waals surface area contributed by atoms with E-state index in [1.807, 2.05) is 0 Å². The van der Waals surface area contributed by atoms with E-state index in [0.717, 1.165) is 0 Å². The first-order chi connectivity index (χ1) is 15.8. The van der Waals surface area contributed by atoms with E-state index in [0.29, 0.717) is 0 Å². The Balaban J connectivity index is 1.96. The molecular formula is C21H27N3O10. The molecule has 3 N–H and O–H groups in total. The number of esters is 2. The molecule has 0 radical (unpaired) electrons. The SMILES string of the molecule is COC1C(N=[N+]=[N-])C(C(C)(C)C)C23C(OC(=O)[C@@H]2O)OC2(C=O)C4(O)C(C)C(=O)OC4C(O)C132. The maximum Gasteiger partial charge on any atom is 0.338 e. The Bertz CT molecular complexity index is 1040. The molecule has 3 saturated heterocycles. The standard InChI is InChI=1S/C21H27N3O10/c1-7-14(28)32-13-10(26)20-12(31-5)8(23-24-22)9(17(2,3)4)19(20)11(27)15(29)33-16(19)34-18(20,6-25)21(7,13)30/h6-13,16,26-27,30H,1-5H3/t7?,8?,9?,10?,11-,12?,13?,16?,18?,19?,20?,21?/m0/s1. The number of hydrogen-bond acceptors (Lipinski definition) is 11. The molecule has 0 aromatic rings. The van der Waals surface area contributed by atoms with Crippen molar-refractivity contribution in [2.45, 2.75) is 75.6 Å². The lowest BCUT2D eigenvalue weighted by Crippen LogP contribution is -2.69. The van der Waals surface area contributed by atoms with Gasteiger partial charge in [-0.25, -0.2) is 4.79 Å². The normalized spacial score (nSPS) is 55.1. The molecule has 3 heterocycles. The summed E-state index contributed by atoms with van der Waals surface area (Å²) in [6.45, 7) is 6.63. The van der Waals surface area contributed by atoms with Crippen LogP contribution in [0.25, 0.3) is 10.4 Å². The zero-order valence-corrected chi connectivity index (χ0v) is 19.2. The molecule has 11 unspecified atom stereocenters. The second kappa shape index (κ2) is 6.48. The van der Waals surface area contributed by atoms with Crippen LogP contribution in [0.5, 0.6) is 0 Å². The van der Waals surface area contributed by atoms with Crippen molar-refractivity contribution in [1.29, 1.82) is 0 Å². The molecule has 0 bridgehead atoms. The molecule has 2 aliphatic carbocycles. The number of nitrogens with zero attached hydrogens (tertiary/aromatic N) is 3. The van der Waals surface area contributed by atoms with Crippen LogP contribution in [0.3, 0.4) is 0 Å². The van der Waals surface area contributed by atoms with Gasteiger partial charge in [0.15, 0.2) is 29.7 Å². The highest BCUT2D eigenvalue weighted by molar-refractivity contribution is 5.86. The third-order valence-electron chi connectivity index (χ3n) is 9.10. The summed E-state index contributed by atoms with van der Waals surface area (Å²) in [7, 11) is 1.26. The quantitative estimate of drug-likeness (QED) is 0.151. The molecule has 0 aromatic heterocycles. The number of carbonyl (C=O) groups is 3. The number of aldehydes is 1. The van der Waals surface area contributed by atoms with Crippen LogP contribution in [-0.4, -0.2) is 88.6 Å². The fourth-order valence-electron chi connectivity index (χ4n) is 8.33. The number of aliphatic hydroxyl groups is 3. The smallest absolute Gasteiger partial charge is 0.338 e. The lowest BCUT2D eigenvalue weighted by molar-refractivity contribution is -0.238. The zero-order chi connectivity index (χ0) is 25.2. The van der Waals surface area contributed by atoms with Gasteiger partial charge in [-0.15, -0.1) is 0 Å². The van der Waals surface area contributed by atoms with Gasteiger partial charge in [-0.3, -0.25) is 9.59 Å². The minimum atomic E-state index is -2.42. The van der Waals surface area contributed by atoms with Crippen LogP contribution in [0.1, 0.15) is 27.7 Å². The summed E-state index contributed by atoms with van der Waals surface area (Å²) < 4.78 is 22.6. The molecule has 34 heavy (non-hydrogen) atoms. The Morgan fingerprint density at radius 1 is 1.21 bits per heavy atom. The third-order valence-corrected chi connectivity index (χ3v) is 9.10. The lowest BCUT2D eigenvalue weighted by atomic mass is 9.50. The first kappa shape index (κ1) is 23.5. The first-order valence-corrected chi connectivity index (χ1v) is 11.0. The molecule has 13 nitrogen and oxygen atoms in total. The van der Waals surface area contributed by atoms with Gasteiger partial charge in [-0.1, -0.05) is 25.9 Å². The minimum Gasteiger partial charge on any atom is -0.456 e. The second-order valence-corrected chi connectivity index (χ2v) is 11.0. The second-order valence-electron chi connectivity index (χ2n) is 11.0. The number of azide groups is 1. The third kappa shape index (κ3) is 1.90. The Labute approximate surface area is 193 Å². The van der Waals surface area contributed by atoms with Crippen molar-refractivity contribution in [1.82, 2.24) is 0 Å². The number of hydrogen-bond donors (Lipinski definition) is 3. The van der Waals surface area contributed by atoms with E-state index in [2.05, 4.69) is 10.0 Å². The largest absolute Gasteiger partial charge is 0.456 e. The summed E-state index contributed by atoms with van der Waals surface area (Å²) in [5.74, 6) is -4.20. The number of ether oxygens (including phenoxy) is 4. The Kier molecular flexibility index (Phi) is 4.47. The number of carbonyl (C=O) groups excluding carboxylic acids is 3. The van der Waals surface area contributed by atoms with Gasteiger partial charge in [0.2, 0.25) is 6.29 Å². The van der Waals surface area contributed by atoms with Crippen LogP contribution >= 0.6 is 0 Å². The number of aliphatic hydroxyl groups excluding tert-OH is 2. The van der Waals surface area contributed by atoms with Crippen LogP contribution in [0.15, 0.2) is 5.11 Å². The molecule has 5 rings (SSSR count). The van der Waals surface area contributed by atoms with Crippen molar-refractivity contribution in [2.75, 3.05) is 7.11 Å². The van der Waals surface area contributed by atoms with E-state index in [4.69, 9.17) is 18.9 Å². The number of fused-ring (bicyclic) bond motifs is 2. The lowest BCUT2D eigenvalue weighted by Gasteiger charge is -2.50. The van der Waals surface area contributed by atoms with Crippen LogP contribution in [0, 0.1) is 28.1 Å². The van der Waals surface area contributed by atoms with Gasteiger partial charge in [0.05, 0.1) is 28.9 Å². The van der Waals surface area contributed by atoms with Crippen molar-refractivity contribution >= 4 is 18.2 Å². The summed E-state index contributed by atoms with van der Waals surface area (Å²) in [5.41, 5.74) is -0.255. The molecule has 2 saturated carbocycles. The summed E-state index contributed by atoms with van der Waals surface area (Å²) in [6, 6.07) is -1.13. The highest BCUT2D eigenvalue weighted by Gasteiger charge is 3.00. The topological polar surface area (TPSA) is 198 Å². The average molecular weight is 481 g/mol. The van der Waals surface area contributed by atoms with Gasteiger partial charge < -0.3 is 34.3 Å². The molecule has 186 valence electrons. The number of rotatable bonds is 3. The Morgan fingerprint density at radius 2 is 1.85 bits per heavy atom. The fourth-order valence-corrected chi connectivity index (χ4v) is 8.33. The van der Waals surface area contributed by atoms with E-state index in [-0.39, 0.29) is 6.29 Å². The van der Waals surface area contributed by atoms with Crippen molar-refractivity contribution in [3.63, 3.8) is 0 Å². The predicted octanol–water partition coefficient (Wildman–Crippen LogP) is -0.792. The molecule has 13 heteroatoms. The fraction of sp³-hybridized carbons (Fsp3) is 0.857. The van der Waals surface area contributed by atoms with Crippen LogP contribution in [0.4, 0.5) is 0 Å². The highest BCUT2D eigenvalue weighted by Crippen LogP contribution is 2.82. The van der Waals surface area contributed by atoms with E-state index in [1.165, 1.54) is 14.0 Å². The molecule has 5 aliphatic rings. The summed E-state index contributed by atoms with van der Waals surface area (Å²) >= 11 is 0. The summed E-state index contributed by atoms with van der Waals surface area (Å²) in [5, 5.41) is 39.2. The molecule has 3 aliphatic heterocycles. The van der Waals surface area contributed by atoms with E-state index < -0.39 is 88.0 Å². The van der Waals surface area contributed by atoms with Gasteiger partial charge in [-0.05, 0) is 23.8 Å². The van der Waals surface area contributed by atoms with Crippen LogP contribution in [0.2, 0.25) is 0 Å². The summed E-state index contributed by atoms with van der Waals surface area (Å²) in [4.78, 5) is 41.2. The maximum absolute atomic E-state index is 13.0. The first-order valence-electron chi connectivity index (χ1n) is 11.0. The van der Waals surface area contributed by atoms with Gasteiger partial charge in [0, 0.05) is 12.0 Å². The van der Waals surface area contributed by atoms with Gasteiger partial charge >= 0.3 is 11.9 Å². The zero-order valence-electron chi connectivity index (χ0n) is 19.2. The van der Waals surface area contributed by atoms with Gasteiger partial charge in [0.1, 0.15) is 6.10 Å². The molecule has 0 aromatic carbocycles. The van der Waals surface area contributed by atoms with Crippen molar-refractivity contribution < 1.29 is 48.7 Å². The maximum atomic E-state index is 13.0. The van der Waals surface area contributed by atoms with Crippen LogP contribution in [-0.2, 0) is 33.3 Å². The number of methoxy groups -OCH3 is 1. The molecule has 5 fully saturated rings. The van der Waals surface area contributed by atoms with Crippen molar-refractivity contribution in [3.05, 3.63) is 10.4 Å². The predicted molar refractivity (Wildman–Crippen MR) is 107 cm³/mol. The van der Waals surface area contributed by atoms with Crippen molar-refractivity contribution in [3.8, 4) is 0 Å². The summed E-state index contributed by atoms with van der Waals surface area (Å²) in [6.07, 6.45) is -8.16.